The number of pyridine rings is 1. The predicted molar refractivity (Wildman–Crippen MR) is 96.9 cm³/mol. The second-order valence-corrected chi connectivity index (χ2v) is 6.13. The molecule has 0 amide bonds. The standard InChI is InChI=1S/C18H31N5/c1-4-19-18(22-14-17-7-6-12-23(17)5-2)20-11-10-16-9-8-15(3)21-13-16/h8-9,13,17H,4-7,10-12,14H2,1-3H3,(H2,19,20,22). The normalized spacial score (nSPS) is 19.1. The van der Waals surface area contributed by atoms with E-state index in [1.165, 1.54) is 24.9 Å². The zero-order valence-electron chi connectivity index (χ0n) is 14.8. The van der Waals surface area contributed by atoms with E-state index >= 15 is 0 Å². The quantitative estimate of drug-likeness (QED) is 0.596. The van der Waals surface area contributed by atoms with Crippen molar-refractivity contribution in [3.05, 3.63) is 29.6 Å². The lowest BCUT2D eigenvalue weighted by atomic mass is 10.2. The van der Waals surface area contributed by atoms with Crippen molar-refractivity contribution in [2.24, 2.45) is 4.99 Å². The van der Waals surface area contributed by atoms with Gasteiger partial charge in [0.2, 0.25) is 0 Å². The fraction of sp³-hybridized carbons (Fsp3) is 0.667. The predicted octanol–water partition coefficient (Wildman–Crippen LogP) is 1.97. The Labute approximate surface area is 140 Å². The molecular formula is C18H31N5. The first-order chi connectivity index (χ1) is 11.2. The maximum atomic E-state index is 4.78. The number of hydrogen-bond donors (Lipinski definition) is 2. The van der Waals surface area contributed by atoms with Crippen molar-refractivity contribution >= 4 is 5.96 Å². The smallest absolute Gasteiger partial charge is 0.191 e. The second kappa shape index (κ2) is 9.50. The van der Waals surface area contributed by atoms with E-state index in [2.05, 4.69) is 46.5 Å². The van der Waals surface area contributed by atoms with Gasteiger partial charge >= 0.3 is 0 Å². The third-order valence-corrected chi connectivity index (χ3v) is 4.39. The number of aryl methyl sites for hydroxylation is 1. The lowest BCUT2D eigenvalue weighted by Crippen LogP contribution is -2.40. The molecule has 1 saturated heterocycles. The van der Waals surface area contributed by atoms with Crippen molar-refractivity contribution in [2.45, 2.75) is 46.1 Å². The lowest BCUT2D eigenvalue weighted by molar-refractivity contribution is 0.273. The summed E-state index contributed by atoms with van der Waals surface area (Å²) in [7, 11) is 0. The van der Waals surface area contributed by atoms with Gasteiger partial charge in [-0.1, -0.05) is 13.0 Å². The van der Waals surface area contributed by atoms with E-state index in [1.54, 1.807) is 0 Å². The van der Waals surface area contributed by atoms with Crippen molar-refractivity contribution in [3.63, 3.8) is 0 Å². The molecule has 1 aromatic rings. The van der Waals surface area contributed by atoms with Gasteiger partial charge in [-0.05, 0) is 57.8 Å². The van der Waals surface area contributed by atoms with Crippen LogP contribution in [0.4, 0.5) is 0 Å². The molecule has 2 rings (SSSR count). The lowest BCUT2D eigenvalue weighted by Gasteiger charge is -2.21. The van der Waals surface area contributed by atoms with Crippen molar-refractivity contribution in [1.29, 1.82) is 0 Å². The van der Waals surface area contributed by atoms with Crippen LogP contribution < -0.4 is 10.6 Å². The molecule has 1 atom stereocenters. The Bertz CT molecular complexity index is 483. The van der Waals surface area contributed by atoms with Crippen LogP contribution in [0.15, 0.2) is 23.3 Å². The number of hydrogen-bond acceptors (Lipinski definition) is 3. The fourth-order valence-electron chi connectivity index (χ4n) is 3.03. The summed E-state index contributed by atoms with van der Waals surface area (Å²) in [5.74, 6) is 0.926. The van der Waals surface area contributed by atoms with E-state index in [-0.39, 0.29) is 0 Å². The number of nitrogens with zero attached hydrogens (tertiary/aromatic N) is 3. The number of aromatic nitrogens is 1. The highest BCUT2D eigenvalue weighted by Gasteiger charge is 2.22. The Kier molecular flexibility index (Phi) is 7.33. The Morgan fingerprint density at radius 2 is 2.22 bits per heavy atom. The minimum Gasteiger partial charge on any atom is -0.357 e. The molecule has 0 aliphatic carbocycles. The third-order valence-electron chi connectivity index (χ3n) is 4.39. The summed E-state index contributed by atoms with van der Waals surface area (Å²) in [6, 6.07) is 4.82. The van der Waals surface area contributed by atoms with Gasteiger partial charge in [0.25, 0.3) is 0 Å². The summed E-state index contributed by atoms with van der Waals surface area (Å²) in [6.07, 6.45) is 5.49. The maximum Gasteiger partial charge on any atom is 0.191 e. The molecule has 0 saturated carbocycles. The molecule has 0 spiro atoms. The first-order valence-corrected chi connectivity index (χ1v) is 8.90. The first-order valence-electron chi connectivity index (χ1n) is 8.90. The highest BCUT2D eigenvalue weighted by molar-refractivity contribution is 5.79. The SMILES string of the molecule is CCNC(=NCC1CCCN1CC)NCCc1ccc(C)nc1. The van der Waals surface area contributed by atoms with Gasteiger partial charge in [0.1, 0.15) is 0 Å². The molecule has 1 aliphatic rings. The molecule has 1 aromatic heterocycles. The topological polar surface area (TPSA) is 52.6 Å². The van der Waals surface area contributed by atoms with E-state index in [1.807, 2.05) is 13.1 Å². The number of likely N-dealkylation sites (N-methyl/N-ethyl adjacent to an activating group) is 1. The average Bonchev–Trinajstić information content (AvgIpc) is 3.02. The van der Waals surface area contributed by atoms with Gasteiger partial charge in [-0.2, -0.15) is 0 Å². The van der Waals surface area contributed by atoms with E-state index < -0.39 is 0 Å². The van der Waals surface area contributed by atoms with Gasteiger partial charge in [-0.3, -0.25) is 14.9 Å². The van der Waals surface area contributed by atoms with Crippen LogP contribution >= 0.6 is 0 Å². The van der Waals surface area contributed by atoms with Gasteiger partial charge in [-0.25, -0.2) is 0 Å². The molecular weight excluding hydrogens is 286 g/mol. The van der Waals surface area contributed by atoms with Gasteiger partial charge in [0, 0.05) is 31.0 Å². The summed E-state index contributed by atoms with van der Waals surface area (Å²) in [5.41, 5.74) is 2.32. The average molecular weight is 317 g/mol. The van der Waals surface area contributed by atoms with Gasteiger partial charge in [0.15, 0.2) is 5.96 Å². The van der Waals surface area contributed by atoms with E-state index in [0.29, 0.717) is 6.04 Å². The minimum absolute atomic E-state index is 0.608. The molecule has 0 bridgehead atoms. The number of rotatable bonds is 7. The highest BCUT2D eigenvalue weighted by Crippen LogP contribution is 2.16. The number of nitrogens with one attached hydrogen (secondary N) is 2. The van der Waals surface area contributed by atoms with Crippen molar-refractivity contribution in [3.8, 4) is 0 Å². The molecule has 2 heterocycles. The van der Waals surface area contributed by atoms with Crippen LogP contribution in [0.2, 0.25) is 0 Å². The monoisotopic (exact) mass is 317 g/mol. The van der Waals surface area contributed by atoms with Crippen LogP contribution in [0.1, 0.15) is 37.9 Å². The van der Waals surface area contributed by atoms with Crippen LogP contribution in [-0.4, -0.2) is 54.6 Å². The molecule has 0 radical (unpaired) electrons. The second-order valence-electron chi connectivity index (χ2n) is 6.13. The van der Waals surface area contributed by atoms with Gasteiger partial charge in [0.05, 0.1) is 6.54 Å². The summed E-state index contributed by atoms with van der Waals surface area (Å²) in [5, 5.41) is 6.77. The summed E-state index contributed by atoms with van der Waals surface area (Å²) in [6.45, 7) is 11.4. The zero-order valence-corrected chi connectivity index (χ0v) is 14.8. The fourth-order valence-corrected chi connectivity index (χ4v) is 3.03. The van der Waals surface area contributed by atoms with E-state index in [9.17, 15) is 0 Å². The van der Waals surface area contributed by atoms with Gasteiger partial charge in [-0.15, -0.1) is 0 Å². The van der Waals surface area contributed by atoms with Crippen LogP contribution in [0.25, 0.3) is 0 Å². The Hall–Kier alpha value is -1.62. The van der Waals surface area contributed by atoms with Crippen LogP contribution in [-0.2, 0) is 6.42 Å². The first kappa shape index (κ1) is 17.7. The largest absolute Gasteiger partial charge is 0.357 e. The zero-order chi connectivity index (χ0) is 16.5. The van der Waals surface area contributed by atoms with Gasteiger partial charge < -0.3 is 10.6 Å². The Balaban J connectivity index is 1.80. The third kappa shape index (κ3) is 5.82. The molecule has 5 nitrogen and oxygen atoms in total. The molecule has 128 valence electrons. The molecule has 1 aliphatic heterocycles. The molecule has 0 aromatic carbocycles. The van der Waals surface area contributed by atoms with Crippen molar-refractivity contribution in [2.75, 3.05) is 32.7 Å². The molecule has 23 heavy (non-hydrogen) atoms. The summed E-state index contributed by atoms with van der Waals surface area (Å²) in [4.78, 5) is 11.6. The molecule has 1 unspecified atom stereocenters. The minimum atomic E-state index is 0.608. The van der Waals surface area contributed by atoms with Crippen molar-refractivity contribution in [1.82, 2.24) is 20.5 Å². The molecule has 1 fully saturated rings. The van der Waals surface area contributed by atoms with Crippen LogP contribution in [0.5, 0.6) is 0 Å². The molecule has 5 heteroatoms. The van der Waals surface area contributed by atoms with Crippen molar-refractivity contribution < 1.29 is 0 Å². The van der Waals surface area contributed by atoms with Crippen LogP contribution in [0.3, 0.4) is 0 Å². The van der Waals surface area contributed by atoms with Crippen LogP contribution in [0, 0.1) is 6.92 Å². The highest BCUT2D eigenvalue weighted by atomic mass is 15.2. The summed E-state index contributed by atoms with van der Waals surface area (Å²) < 4.78 is 0. The summed E-state index contributed by atoms with van der Waals surface area (Å²) >= 11 is 0. The Morgan fingerprint density at radius 3 is 2.91 bits per heavy atom. The Morgan fingerprint density at radius 1 is 1.35 bits per heavy atom. The number of guanidine groups is 1. The van der Waals surface area contributed by atoms with E-state index in [4.69, 9.17) is 4.99 Å². The van der Waals surface area contributed by atoms with E-state index in [0.717, 1.165) is 44.3 Å². The molecule has 2 N–H and O–H groups in total. The number of aliphatic imine (C=N–C) groups is 1. The number of likely N-dealkylation sites (tertiary alicyclic amines) is 1. The maximum absolute atomic E-state index is 4.78.